The third kappa shape index (κ3) is 4.19. The Morgan fingerprint density at radius 1 is 1.35 bits per heavy atom. The zero-order valence-corrected chi connectivity index (χ0v) is 10.9. The average molecular weight is 236 g/mol. The summed E-state index contributed by atoms with van der Waals surface area (Å²) in [7, 11) is 0. The molecular weight excluding hydrogens is 216 g/mol. The Hall–Kier alpha value is -1.35. The van der Waals surface area contributed by atoms with E-state index in [4.69, 9.17) is 9.47 Å². The zero-order chi connectivity index (χ0) is 12.8. The zero-order valence-electron chi connectivity index (χ0n) is 10.9. The number of carbonyl (C=O) groups excluding carboxylic acids is 1. The average Bonchev–Trinajstić information content (AvgIpc) is 2.27. The lowest BCUT2D eigenvalue weighted by Gasteiger charge is -2.13. The Labute approximate surface area is 103 Å². The van der Waals surface area contributed by atoms with E-state index in [0.29, 0.717) is 18.8 Å². The van der Waals surface area contributed by atoms with E-state index in [1.54, 1.807) is 13.0 Å². The molecule has 0 saturated carbocycles. The summed E-state index contributed by atoms with van der Waals surface area (Å²) in [5.74, 6) is 0.844. The smallest absolute Gasteiger partial charge is 0.159 e. The molecule has 0 aliphatic rings. The molecule has 0 heterocycles. The van der Waals surface area contributed by atoms with Gasteiger partial charge in [-0.05, 0) is 45.9 Å². The molecule has 0 amide bonds. The van der Waals surface area contributed by atoms with E-state index < -0.39 is 0 Å². The maximum Gasteiger partial charge on any atom is 0.159 e. The van der Waals surface area contributed by atoms with Gasteiger partial charge in [0.2, 0.25) is 0 Å². The van der Waals surface area contributed by atoms with Gasteiger partial charge in [0, 0.05) is 11.1 Å². The molecule has 3 nitrogen and oxygen atoms in total. The minimum atomic E-state index is 0.0545. The fourth-order valence-electron chi connectivity index (χ4n) is 1.46. The molecular formula is C14H20O3. The van der Waals surface area contributed by atoms with Crippen LogP contribution in [0.15, 0.2) is 18.2 Å². The predicted octanol–water partition coefficient (Wildman–Crippen LogP) is 3.21. The van der Waals surface area contributed by atoms with Gasteiger partial charge in [0.1, 0.15) is 5.75 Å². The molecule has 0 unspecified atom stereocenters. The lowest BCUT2D eigenvalue weighted by molar-refractivity contribution is 0.0641. The van der Waals surface area contributed by atoms with Gasteiger partial charge in [0.25, 0.3) is 0 Å². The maximum atomic E-state index is 11.3. The van der Waals surface area contributed by atoms with E-state index in [1.807, 2.05) is 32.9 Å². The van der Waals surface area contributed by atoms with Gasteiger partial charge >= 0.3 is 0 Å². The number of ether oxygens (including phenoxy) is 2. The highest BCUT2D eigenvalue weighted by molar-refractivity contribution is 5.94. The molecule has 3 heteroatoms. The SMILES string of the molecule is CCOc1ccc(C(C)=O)cc1COC(C)C. The summed E-state index contributed by atoms with van der Waals surface area (Å²) in [5.41, 5.74) is 1.61. The number of carbonyl (C=O) groups is 1. The van der Waals surface area contributed by atoms with E-state index in [1.165, 1.54) is 0 Å². The summed E-state index contributed by atoms with van der Waals surface area (Å²) in [4.78, 5) is 11.3. The summed E-state index contributed by atoms with van der Waals surface area (Å²) in [5, 5.41) is 0. The summed E-state index contributed by atoms with van der Waals surface area (Å²) >= 11 is 0. The van der Waals surface area contributed by atoms with Crippen molar-refractivity contribution in [3.05, 3.63) is 29.3 Å². The van der Waals surface area contributed by atoms with Crippen LogP contribution in [0.3, 0.4) is 0 Å². The minimum absolute atomic E-state index is 0.0545. The van der Waals surface area contributed by atoms with E-state index in [2.05, 4.69) is 0 Å². The van der Waals surface area contributed by atoms with Crippen molar-refractivity contribution in [2.24, 2.45) is 0 Å². The molecule has 1 aromatic rings. The monoisotopic (exact) mass is 236 g/mol. The van der Waals surface area contributed by atoms with Crippen LogP contribution in [0, 0.1) is 0 Å². The molecule has 0 bridgehead atoms. The third-order valence-electron chi connectivity index (χ3n) is 2.34. The molecule has 0 aromatic heterocycles. The molecule has 0 aliphatic carbocycles. The van der Waals surface area contributed by atoms with Gasteiger partial charge in [-0.2, -0.15) is 0 Å². The predicted molar refractivity (Wildman–Crippen MR) is 67.5 cm³/mol. The normalized spacial score (nSPS) is 10.6. The third-order valence-corrected chi connectivity index (χ3v) is 2.34. The van der Waals surface area contributed by atoms with Crippen molar-refractivity contribution in [1.82, 2.24) is 0 Å². The first-order valence-corrected chi connectivity index (χ1v) is 5.92. The second kappa shape index (κ2) is 6.40. The molecule has 0 spiro atoms. The van der Waals surface area contributed by atoms with Crippen molar-refractivity contribution in [3.8, 4) is 5.75 Å². The summed E-state index contributed by atoms with van der Waals surface area (Å²) in [6.45, 7) is 8.53. The van der Waals surface area contributed by atoms with Crippen LogP contribution in [0.25, 0.3) is 0 Å². The van der Waals surface area contributed by atoms with Crippen molar-refractivity contribution in [2.45, 2.75) is 40.4 Å². The van der Waals surface area contributed by atoms with Crippen LogP contribution in [-0.2, 0) is 11.3 Å². The number of hydrogen-bond donors (Lipinski definition) is 0. The number of ketones is 1. The van der Waals surface area contributed by atoms with Crippen LogP contribution in [0.4, 0.5) is 0 Å². The van der Waals surface area contributed by atoms with E-state index >= 15 is 0 Å². The Morgan fingerprint density at radius 3 is 2.59 bits per heavy atom. The van der Waals surface area contributed by atoms with Crippen LogP contribution in [0.1, 0.15) is 43.6 Å². The molecule has 1 aromatic carbocycles. The first kappa shape index (κ1) is 13.7. The molecule has 0 atom stereocenters. The number of rotatable bonds is 6. The summed E-state index contributed by atoms with van der Waals surface area (Å²) < 4.78 is 11.1. The highest BCUT2D eigenvalue weighted by atomic mass is 16.5. The van der Waals surface area contributed by atoms with Gasteiger partial charge in [0.15, 0.2) is 5.78 Å². The van der Waals surface area contributed by atoms with Gasteiger partial charge in [-0.1, -0.05) is 0 Å². The molecule has 1 rings (SSSR count). The van der Waals surface area contributed by atoms with Crippen molar-refractivity contribution < 1.29 is 14.3 Å². The second-order valence-electron chi connectivity index (χ2n) is 4.17. The highest BCUT2D eigenvalue weighted by Crippen LogP contribution is 2.22. The molecule has 0 saturated heterocycles. The van der Waals surface area contributed by atoms with Gasteiger partial charge in [0.05, 0.1) is 19.3 Å². The Bertz CT molecular complexity index is 383. The first-order valence-electron chi connectivity index (χ1n) is 5.92. The molecule has 94 valence electrons. The van der Waals surface area contributed by atoms with Crippen molar-refractivity contribution >= 4 is 5.78 Å². The molecule has 17 heavy (non-hydrogen) atoms. The van der Waals surface area contributed by atoms with Crippen molar-refractivity contribution in [1.29, 1.82) is 0 Å². The van der Waals surface area contributed by atoms with Crippen LogP contribution >= 0.6 is 0 Å². The summed E-state index contributed by atoms with van der Waals surface area (Å²) in [6, 6.07) is 5.46. The van der Waals surface area contributed by atoms with Crippen molar-refractivity contribution in [3.63, 3.8) is 0 Å². The van der Waals surface area contributed by atoms with E-state index in [-0.39, 0.29) is 11.9 Å². The van der Waals surface area contributed by atoms with Gasteiger partial charge in [-0.25, -0.2) is 0 Å². The fourth-order valence-corrected chi connectivity index (χ4v) is 1.46. The van der Waals surface area contributed by atoms with E-state index in [0.717, 1.165) is 11.3 Å². The fraction of sp³-hybridized carbons (Fsp3) is 0.500. The number of hydrogen-bond acceptors (Lipinski definition) is 3. The Morgan fingerprint density at radius 2 is 2.06 bits per heavy atom. The van der Waals surface area contributed by atoms with Gasteiger partial charge in [-0.3, -0.25) is 4.79 Å². The first-order chi connectivity index (χ1) is 8.04. The lowest BCUT2D eigenvalue weighted by Crippen LogP contribution is -2.06. The highest BCUT2D eigenvalue weighted by Gasteiger charge is 2.08. The summed E-state index contributed by atoms with van der Waals surface area (Å²) in [6.07, 6.45) is 0.158. The van der Waals surface area contributed by atoms with Crippen LogP contribution in [0.2, 0.25) is 0 Å². The molecule has 0 radical (unpaired) electrons. The molecule has 0 fully saturated rings. The molecule has 0 aliphatic heterocycles. The second-order valence-corrected chi connectivity index (χ2v) is 4.17. The van der Waals surface area contributed by atoms with Crippen LogP contribution < -0.4 is 4.74 Å². The quantitative estimate of drug-likeness (QED) is 0.711. The van der Waals surface area contributed by atoms with Crippen molar-refractivity contribution in [2.75, 3.05) is 6.61 Å². The van der Waals surface area contributed by atoms with Gasteiger partial charge < -0.3 is 9.47 Å². The molecule has 0 N–H and O–H groups in total. The Kier molecular flexibility index (Phi) is 5.16. The van der Waals surface area contributed by atoms with Crippen LogP contribution in [-0.4, -0.2) is 18.5 Å². The van der Waals surface area contributed by atoms with E-state index in [9.17, 15) is 4.79 Å². The topological polar surface area (TPSA) is 35.5 Å². The van der Waals surface area contributed by atoms with Gasteiger partial charge in [-0.15, -0.1) is 0 Å². The minimum Gasteiger partial charge on any atom is -0.494 e. The standard InChI is InChI=1S/C14H20O3/c1-5-16-14-7-6-12(11(4)15)8-13(14)9-17-10(2)3/h6-8,10H,5,9H2,1-4H3. The lowest BCUT2D eigenvalue weighted by atomic mass is 10.1. The number of Topliss-reactive ketones (excluding diaryl/α,β-unsaturated/α-hetero) is 1. The Balaban J connectivity index is 2.93. The largest absolute Gasteiger partial charge is 0.494 e. The van der Waals surface area contributed by atoms with Crippen LogP contribution in [0.5, 0.6) is 5.75 Å². The number of benzene rings is 1. The maximum absolute atomic E-state index is 11.3.